The molecule has 5 heteroatoms. The Labute approximate surface area is 111 Å². The lowest BCUT2D eigenvalue weighted by atomic mass is 10.2. The van der Waals surface area contributed by atoms with Crippen LogP contribution in [0.15, 0.2) is 42.7 Å². The summed E-state index contributed by atoms with van der Waals surface area (Å²) in [5.41, 5.74) is 2.74. The highest BCUT2D eigenvalue weighted by Crippen LogP contribution is 2.18. The summed E-state index contributed by atoms with van der Waals surface area (Å²) in [5.74, 6) is 0.809. The fourth-order valence-corrected chi connectivity index (χ4v) is 1.97. The number of hydrogen-bond acceptors (Lipinski definition) is 4. The van der Waals surface area contributed by atoms with Gasteiger partial charge in [-0.1, -0.05) is 13.0 Å². The number of nitrogens with one attached hydrogen (secondary N) is 1. The molecule has 0 atom stereocenters. The van der Waals surface area contributed by atoms with Crippen molar-refractivity contribution in [2.24, 2.45) is 0 Å². The first-order valence-corrected chi connectivity index (χ1v) is 6.38. The number of pyridine rings is 1. The average Bonchev–Trinajstić information content (AvgIpc) is 2.94. The van der Waals surface area contributed by atoms with Crippen LogP contribution in [0.25, 0.3) is 17.0 Å². The van der Waals surface area contributed by atoms with E-state index in [0.717, 1.165) is 35.8 Å². The van der Waals surface area contributed by atoms with Crippen LogP contribution in [0.2, 0.25) is 0 Å². The second-order valence-electron chi connectivity index (χ2n) is 4.30. The molecule has 3 heterocycles. The van der Waals surface area contributed by atoms with Crippen LogP contribution in [-0.4, -0.2) is 26.1 Å². The smallest absolute Gasteiger partial charge is 0.148 e. The monoisotopic (exact) mass is 253 g/mol. The molecule has 3 rings (SSSR count). The van der Waals surface area contributed by atoms with Gasteiger partial charge in [-0.2, -0.15) is 0 Å². The molecule has 0 aromatic carbocycles. The fourth-order valence-electron chi connectivity index (χ4n) is 1.97. The Balaban J connectivity index is 1.95. The molecule has 0 bridgehead atoms. The van der Waals surface area contributed by atoms with Crippen molar-refractivity contribution in [3.63, 3.8) is 0 Å². The Morgan fingerprint density at radius 1 is 1.16 bits per heavy atom. The van der Waals surface area contributed by atoms with Crippen molar-refractivity contribution in [3.05, 3.63) is 42.7 Å². The van der Waals surface area contributed by atoms with Gasteiger partial charge in [0, 0.05) is 18.9 Å². The van der Waals surface area contributed by atoms with Crippen molar-refractivity contribution in [3.8, 4) is 11.4 Å². The van der Waals surface area contributed by atoms with Crippen molar-refractivity contribution in [1.82, 2.24) is 19.6 Å². The Morgan fingerprint density at radius 2 is 2.11 bits per heavy atom. The number of imidazole rings is 1. The van der Waals surface area contributed by atoms with Crippen LogP contribution in [0.1, 0.15) is 13.3 Å². The van der Waals surface area contributed by atoms with Crippen LogP contribution < -0.4 is 5.32 Å². The molecule has 1 N–H and O–H groups in total. The lowest BCUT2D eigenvalue weighted by Crippen LogP contribution is -2.03. The van der Waals surface area contributed by atoms with Gasteiger partial charge >= 0.3 is 0 Å². The zero-order valence-corrected chi connectivity index (χ0v) is 10.7. The number of fused-ring (bicyclic) bond motifs is 1. The molecule has 0 saturated carbocycles. The van der Waals surface area contributed by atoms with Gasteiger partial charge in [0.05, 0.1) is 5.69 Å². The zero-order chi connectivity index (χ0) is 13.1. The molecule has 0 fully saturated rings. The second-order valence-corrected chi connectivity index (χ2v) is 4.30. The molecule has 0 radical (unpaired) electrons. The molecule has 5 nitrogen and oxygen atoms in total. The van der Waals surface area contributed by atoms with Crippen LogP contribution in [0.4, 0.5) is 5.82 Å². The van der Waals surface area contributed by atoms with E-state index in [-0.39, 0.29) is 0 Å². The second kappa shape index (κ2) is 5.06. The van der Waals surface area contributed by atoms with E-state index in [0.29, 0.717) is 0 Å². The third kappa shape index (κ3) is 2.27. The van der Waals surface area contributed by atoms with E-state index in [1.807, 2.05) is 40.9 Å². The van der Waals surface area contributed by atoms with Crippen molar-refractivity contribution in [2.75, 3.05) is 11.9 Å². The van der Waals surface area contributed by atoms with E-state index in [1.54, 1.807) is 6.20 Å². The van der Waals surface area contributed by atoms with Gasteiger partial charge in [-0.3, -0.25) is 4.40 Å². The third-order valence-electron chi connectivity index (χ3n) is 2.91. The van der Waals surface area contributed by atoms with Crippen LogP contribution in [0, 0.1) is 0 Å². The van der Waals surface area contributed by atoms with Crippen LogP contribution in [0.3, 0.4) is 0 Å². The van der Waals surface area contributed by atoms with Crippen molar-refractivity contribution >= 4 is 11.5 Å². The highest BCUT2D eigenvalue weighted by atomic mass is 15.2. The molecule has 0 saturated heterocycles. The van der Waals surface area contributed by atoms with Crippen LogP contribution in [0.5, 0.6) is 0 Å². The van der Waals surface area contributed by atoms with Crippen molar-refractivity contribution in [1.29, 1.82) is 0 Å². The maximum atomic E-state index is 4.27. The van der Waals surface area contributed by atoms with E-state index in [2.05, 4.69) is 27.4 Å². The summed E-state index contributed by atoms with van der Waals surface area (Å²) >= 11 is 0. The van der Waals surface area contributed by atoms with Crippen molar-refractivity contribution < 1.29 is 0 Å². The van der Waals surface area contributed by atoms with E-state index in [1.165, 1.54) is 0 Å². The Bertz CT molecular complexity index is 672. The Hall–Kier alpha value is -2.43. The van der Waals surface area contributed by atoms with Crippen LogP contribution >= 0.6 is 0 Å². The molecule has 3 aromatic heterocycles. The molecule has 0 aliphatic heterocycles. The highest BCUT2D eigenvalue weighted by Gasteiger charge is 2.05. The van der Waals surface area contributed by atoms with Gasteiger partial charge in [0.15, 0.2) is 0 Å². The summed E-state index contributed by atoms with van der Waals surface area (Å²) in [6.07, 6.45) is 4.77. The van der Waals surface area contributed by atoms with E-state index in [9.17, 15) is 0 Å². The first-order valence-electron chi connectivity index (χ1n) is 6.38. The van der Waals surface area contributed by atoms with Gasteiger partial charge in [0.2, 0.25) is 0 Å². The molecule has 96 valence electrons. The van der Waals surface area contributed by atoms with E-state index >= 15 is 0 Å². The Kier molecular flexibility index (Phi) is 3.10. The van der Waals surface area contributed by atoms with Gasteiger partial charge in [-0.15, -0.1) is 10.2 Å². The molecule has 0 aliphatic rings. The summed E-state index contributed by atoms with van der Waals surface area (Å²) in [6, 6.07) is 9.88. The molecule has 0 spiro atoms. The number of rotatable bonds is 4. The summed E-state index contributed by atoms with van der Waals surface area (Å²) in [7, 11) is 0. The van der Waals surface area contributed by atoms with E-state index in [4.69, 9.17) is 0 Å². The average molecular weight is 253 g/mol. The predicted octanol–water partition coefficient (Wildman–Crippen LogP) is 2.61. The fraction of sp³-hybridized carbons (Fsp3) is 0.214. The first-order chi connectivity index (χ1) is 9.38. The number of nitrogens with zero attached hydrogens (tertiary/aromatic N) is 4. The van der Waals surface area contributed by atoms with Gasteiger partial charge in [0.1, 0.15) is 17.2 Å². The van der Waals surface area contributed by atoms with Gasteiger partial charge < -0.3 is 5.32 Å². The molecule has 0 unspecified atom stereocenters. The number of anilines is 1. The number of hydrogen-bond donors (Lipinski definition) is 1. The highest BCUT2D eigenvalue weighted by molar-refractivity contribution is 5.60. The summed E-state index contributed by atoms with van der Waals surface area (Å²) in [4.78, 5) is 4.27. The van der Waals surface area contributed by atoms with Crippen molar-refractivity contribution in [2.45, 2.75) is 13.3 Å². The topological polar surface area (TPSA) is 55.1 Å². The maximum Gasteiger partial charge on any atom is 0.148 e. The first kappa shape index (κ1) is 11.6. The molecular formula is C14H15N5. The molecular weight excluding hydrogens is 238 g/mol. The molecule has 3 aromatic rings. The predicted molar refractivity (Wildman–Crippen MR) is 75.0 cm³/mol. The minimum Gasteiger partial charge on any atom is -0.369 e. The minimum absolute atomic E-state index is 0.809. The molecule has 0 amide bonds. The summed E-state index contributed by atoms with van der Waals surface area (Å²) in [5, 5.41) is 11.7. The van der Waals surface area contributed by atoms with Gasteiger partial charge in [-0.25, -0.2) is 4.98 Å². The zero-order valence-electron chi connectivity index (χ0n) is 10.7. The molecule has 19 heavy (non-hydrogen) atoms. The third-order valence-corrected chi connectivity index (χ3v) is 2.91. The largest absolute Gasteiger partial charge is 0.369 e. The molecule has 0 aliphatic carbocycles. The van der Waals surface area contributed by atoms with Crippen LogP contribution in [-0.2, 0) is 0 Å². The SMILES string of the molecule is CCCNc1ccc(-c2cccc3nccn23)nn1. The van der Waals surface area contributed by atoms with E-state index < -0.39 is 0 Å². The lowest BCUT2D eigenvalue weighted by Gasteiger charge is -2.06. The maximum absolute atomic E-state index is 4.27. The Morgan fingerprint density at radius 3 is 2.89 bits per heavy atom. The summed E-state index contributed by atoms with van der Waals surface area (Å²) in [6.45, 7) is 3.03. The minimum atomic E-state index is 0.809. The quantitative estimate of drug-likeness (QED) is 0.776. The van der Waals surface area contributed by atoms with Gasteiger partial charge in [-0.05, 0) is 30.7 Å². The standard InChI is InChI=1S/C14H15N5/c1-2-8-15-13-7-6-11(17-18-13)12-4-3-5-14-16-9-10-19(12)14/h3-7,9-10H,2,8H2,1H3,(H,15,18). The lowest BCUT2D eigenvalue weighted by molar-refractivity contribution is 0.943. The summed E-state index contributed by atoms with van der Waals surface area (Å²) < 4.78 is 2.00. The normalized spacial score (nSPS) is 10.8. The van der Waals surface area contributed by atoms with Gasteiger partial charge in [0.25, 0.3) is 0 Å². The number of aromatic nitrogens is 4.